The van der Waals surface area contributed by atoms with Gasteiger partial charge in [0.05, 0.1) is 0 Å². The molecule has 2 nitrogen and oxygen atoms in total. The van der Waals surface area contributed by atoms with Gasteiger partial charge in [-0.05, 0) is 17.7 Å². The molecule has 0 fully saturated rings. The van der Waals surface area contributed by atoms with Gasteiger partial charge in [-0.15, -0.1) is 0 Å². The highest BCUT2D eigenvalue weighted by Crippen LogP contribution is 2.21. The van der Waals surface area contributed by atoms with Gasteiger partial charge in [-0.1, -0.05) is 18.7 Å². The number of aromatic nitrogens is 2. The third-order valence-electron chi connectivity index (χ3n) is 2.05. The largest absolute Gasteiger partial charge is 0.264 e. The van der Waals surface area contributed by atoms with Crippen molar-refractivity contribution < 1.29 is 0 Å². The van der Waals surface area contributed by atoms with Gasteiger partial charge in [-0.3, -0.25) is 9.97 Å². The molecular weight excluding hydrogens is 172 g/mol. The molecule has 0 unspecified atom stereocenters. The second-order valence-corrected chi connectivity index (χ2v) is 2.91. The van der Waals surface area contributed by atoms with E-state index in [0.29, 0.717) is 0 Å². The van der Waals surface area contributed by atoms with E-state index in [1.54, 1.807) is 12.4 Å². The van der Waals surface area contributed by atoms with E-state index in [1.165, 1.54) is 0 Å². The quantitative estimate of drug-likeness (QED) is 0.713. The Kier molecular flexibility index (Phi) is 2.36. The molecule has 14 heavy (non-hydrogen) atoms. The molecule has 0 radical (unpaired) electrons. The minimum atomic E-state index is 1.07. The molecule has 2 heteroatoms. The number of hydrogen-bond acceptors (Lipinski definition) is 2. The highest BCUT2D eigenvalue weighted by atomic mass is 14.6. The van der Waals surface area contributed by atoms with Crippen molar-refractivity contribution in [2.75, 3.05) is 0 Å². The lowest BCUT2D eigenvalue weighted by Crippen LogP contribution is -1.84. The molecule has 0 atom stereocenters. The molecule has 2 rings (SSSR count). The van der Waals surface area contributed by atoms with Gasteiger partial charge >= 0.3 is 0 Å². The first-order valence-corrected chi connectivity index (χ1v) is 4.38. The van der Waals surface area contributed by atoms with E-state index in [-0.39, 0.29) is 0 Å². The Morgan fingerprint density at radius 3 is 2.64 bits per heavy atom. The van der Waals surface area contributed by atoms with E-state index in [4.69, 9.17) is 0 Å². The van der Waals surface area contributed by atoms with Crippen molar-refractivity contribution in [2.45, 2.75) is 0 Å². The summed E-state index contributed by atoms with van der Waals surface area (Å²) >= 11 is 0. The third kappa shape index (κ3) is 1.55. The Balaban J connectivity index is 2.57. The zero-order valence-corrected chi connectivity index (χ0v) is 7.72. The van der Waals surface area contributed by atoms with Crippen LogP contribution in [-0.4, -0.2) is 9.97 Å². The molecule has 2 heterocycles. The van der Waals surface area contributed by atoms with E-state index in [0.717, 1.165) is 16.7 Å². The van der Waals surface area contributed by atoms with Crippen LogP contribution in [0.25, 0.3) is 17.2 Å². The zero-order chi connectivity index (χ0) is 9.80. The summed E-state index contributed by atoms with van der Waals surface area (Å²) in [6.45, 7) is 3.77. The molecule has 0 aromatic carbocycles. The summed E-state index contributed by atoms with van der Waals surface area (Å²) < 4.78 is 0. The Bertz CT molecular complexity index is 435. The first-order valence-electron chi connectivity index (χ1n) is 4.38. The Hall–Kier alpha value is -1.96. The van der Waals surface area contributed by atoms with Gasteiger partial charge in [0.2, 0.25) is 0 Å². The molecule has 0 spiro atoms. The van der Waals surface area contributed by atoms with Crippen LogP contribution in [0.2, 0.25) is 0 Å². The van der Waals surface area contributed by atoms with Crippen LogP contribution in [0.15, 0.2) is 49.6 Å². The molecule has 0 aliphatic heterocycles. The van der Waals surface area contributed by atoms with Gasteiger partial charge in [0.1, 0.15) is 0 Å². The maximum atomic E-state index is 4.09. The van der Waals surface area contributed by atoms with Crippen molar-refractivity contribution in [1.29, 1.82) is 0 Å². The average Bonchev–Trinajstić information content (AvgIpc) is 2.30. The molecule has 0 N–H and O–H groups in total. The molecule has 2 aromatic rings. The first kappa shape index (κ1) is 8.63. The molecular formula is C12H10N2. The lowest BCUT2D eigenvalue weighted by molar-refractivity contribution is 1.29. The van der Waals surface area contributed by atoms with Crippen molar-refractivity contribution in [3.63, 3.8) is 0 Å². The summed E-state index contributed by atoms with van der Waals surface area (Å²) in [6.07, 6.45) is 8.99. The van der Waals surface area contributed by atoms with Gasteiger partial charge in [-0.2, -0.15) is 0 Å². The summed E-state index contributed by atoms with van der Waals surface area (Å²) in [5.74, 6) is 0. The first-order chi connectivity index (χ1) is 6.92. The summed E-state index contributed by atoms with van der Waals surface area (Å²) in [6, 6.07) is 5.86. The fourth-order valence-corrected chi connectivity index (χ4v) is 1.35. The van der Waals surface area contributed by atoms with Crippen molar-refractivity contribution >= 4 is 6.08 Å². The van der Waals surface area contributed by atoms with Crippen LogP contribution in [0, 0.1) is 0 Å². The van der Waals surface area contributed by atoms with Crippen LogP contribution < -0.4 is 0 Å². The number of pyridine rings is 2. The van der Waals surface area contributed by atoms with Gasteiger partial charge < -0.3 is 0 Å². The van der Waals surface area contributed by atoms with Crippen LogP contribution >= 0.6 is 0 Å². The molecule has 0 aliphatic carbocycles. The molecule has 0 amide bonds. The van der Waals surface area contributed by atoms with Crippen molar-refractivity contribution in [1.82, 2.24) is 9.97 Å². The van der Waals surface area contributed by atoms with Crippen molar-refractivity contribution in [2.24, 2.45) is 0 Å². The maximum Gasteiger partial charge on any atom is 0.0352 e. The molecule has 0 bridgehead atoms. The van der Waals surface area contributed by atoms with Crippen molar-refractivity contribution in [3.8, 4) is 11.1 Å². The second-order valence-electron chi connectivity index (χ2n) is 2.91. The normalized spacial score (nSPS) is 9.71. The third-order valence-corrected chi connectivity index (χ3v) is 2.05. The summed E-state index contributed by atoms with van der Waals surface area (Å²) in [7, 11) is 0. The maximum absolute atomic E-state index is 4.09. The standard InChI is InChI=1S/C12H10N2/c1-2-10-5-7-14-9-12(10)11-4-3-6-13-8-11/h2-9H,1H2. The van der Waals surface area contributed by atoms with Gasteiger partial charge in [0.25, 0.3) is 0 Å². The predicted molar refractivity (Wildman–Crippen MR) is 57.6 cm³/mol. The van der Waals surface area contributed by atoms with Crippen LogP contribution in [0.4, 0.5) is 0 Å². The van der Waals surface area contributed by atoms with E-state index in [1.807, 2.05) is 36.7 Å². The SMILES string of the molecule is C=Cc1ccncc1-c1cccnc1. The van der Waals surface area contributed by atoms with Gasteiger partial charge in [-0.25, -0.2) is 0 Å². The smallest absolute Gasteiger partial charge is 0.0352 e. The van der Waals surface area contributed by atoms with Crippen LogP contribution in [0.1, 0.15) is 5.56 Å². The minimum Gasteiger partial charge on any atom is -0.264 e. The fourth-order valence-electron chi connectivity index (χ4n) is 1.35. The summed E-state index contributed by atoms with van der Waals surface area (Å²) in [4.78, 5) is 8.17. The van der Waals surface area contributed by atoms with Crippen LogP contribution in [0.3, 0.4) is 0 Å². The van der Waals surface area contributed by atoms with E-state index >= 15 is 0 Å². The number of hydrogen-bond donors (Lipinski definition) is 0. The second kappa shape index (κ2) is 3.83. The molecule has 68 valence electrons. The van der Waals surface area contributed by atoms with E-state index in [2.05, 4.69) is 16.5 Å². The highest BCUT2D eigenvalue weighted by Gasteiger charge is 2.00. The van der Waals surface area contributed by atoms with E-state index < -0.39 is 0 Å². The summed E-state index contributed by atoms with van der Waals surface area (Å²) in [5.41, 5.74) is 3.21. The fraction of sp³-hybridized carbons (Fsp3) is 0. The van der Waals surface area contributed by atoms with Crippen molar-refractivity contribution in [3.05, 3.63) is 55.1 Å². The highest BCUT2D eigenvalue weighted by molar-refractivity contribution is 5.73. The topological polar surface area (TPSA) is 25.8 Å². The van der Waals surface area contributed by atoms with Crippen LogP contribution in [-0.2, 0) is 0 Å². The summed E-state index contributed by atoms with van der Waals surface area (Å²) in [5, 5.41) is 0. The minimum absolute atomic E-state index is 1.07. The Labute approximate surface area is 83.0 Å². The molecule has 0 saturated carbocycles. The van der Waals surface area contributed by atoms with Gasteiger partial charge in [0.15, 0.2) is 0 Å². The monoisotopic (exact) mass is 182 g/mol. The van der Waals surface area contributed by atoms with Crippen LogP contribution in [0.5, 0.6) is 0 Å². The van der Waals surface area contributed by atoms with Gasteiger partial charge in [0, 0.05) is 35.9 Å². The molecule has 0 aliphatic rings. The predicted octanol–water partition coefficient (Wildman–Crippen LogP) is 2.79. The lowest BCUT2D eigenvalue weighted by Gasteiger charge is -2.03. The van der Waals surface area contributed by atoms with E-state index in [9.17, 15) is 0 Å². The Morgan fingerprint density at radius 1 is 1.07 bits per heavy atom. The number of rotatable bonds is 2. The average molecular weight is 182 g/mol. The number of nitrogens with zero attached hydrogens (tertiary/aromatic N) is 2. The molecule has 0 saturated heterocycles. The zero-order valence-electron chi connectivity index (χ0n) is 7.72. The Morgan fingerprint density at radius 2 is 1.93 bits per heavy atom. The molecule has 2 aromatic heterocycles. The lowest BCUT2D eigenvalue weighted by atomic mass is 10.0.